The Morgan fingerprint density at radius 3 is 2.30 bits per heavy atom. The van der Waals surface area contributed by atoms with E-state index in [0.717, 1.165) is 31.9 Å². The smallest absolute Gasteiger partial charge is 0.258 e. The van der Waals surface area contributed by atoms with Crippen LogP contribution in [0.15, 0.2) is 48.5 Å². The number of nitrogens with zero attached hydrogens (tertiary/aromatic N) is 1. The van der Waals surface area contributed by atoms with Crippen LogP contribution in [0.2, 0.25) is 0 Å². The maximum absolute atomic E-state index is 13.0. The summed E-state index contributed by atoms with van der Waals surface area (Å²) in [5, 5.41) is 3.03. The molecule has 1 fully saturated rings. The van der Waals surface area contributed by atoms with Crippen molar-refractivity contribution in [2.45, 2.75) is 6.04 Å². The summed E-state index contributed by atoms with van der Waals surface area (Å²) in [6, 6.07) is 14.5. The fraction of sp³-hybridized carbons (Fsp3) is 0.435. The molecule has 1 heterocycles. The van der Waals surface area contributed by atoms with Gasteiger partial charge in [-0.25, -0.2) is 4.39 Å². The van der Waals surface area contributed by atoms with Gasteiger partial charge in [0.2, 0.25) is 0 Å². The van der Waals surface area contributed by atoms with Crippen LogP contribution in [0.5, 0.6) is 5.75 Å². The van der Waals surface area contributed by atoms with E-state index in [2.05, 4.69) is 41.5 Å². The minimum Gasteiger partial charge on any atom is -0.484 e. The van der Waals surface area contributed by atoms with Crippen LogP contribution < -0.4 is 24.8 Å². The van der Waals surface area contributed by atoms with Crippen LogP contribution in [0.3, 0.4) is 0 Å². The Morgan fingerprint density at radius 2 is 1.70 bits per heavy atom. The molecule has 0 spiro atoms. The van der Waals surface area contributed by atoms with Crippen molar-refractivity contribution in [2.75, 3.05) is 65.4 Å². The van der Waals surface area contributed by atoms with Gasteiger partial charge in [0.25, 0.3) is 5.91 Å². The molecule has 1 aliphatic rings. The maximum atomic E-state index is 13.0. The Labute approximate surface area is 178 Å². The van der Waals surface area contributed by atoms with Crippen molar-refractivity contribution in [3.63, 3.8) is 0 Å². The molecule has 0 radical (unpaired) electrons. The highest BCUT2D eigenvalue weighted by Gasteiger charge is 2.29. The second-order valence-corrected chi connectivity index (χ2v) is 8.20. The lowest BCUT2D eigenvalue weighted by Gasteiger charge is -2.33. The zero-order valence-electron chi connectivity index (χ0n) is 18.1. The Bertz CT molecular complexity index is 803. The molecule has 2 aromatic rings. The molecule has 1 saturated heterocycles. The lowest BCUT2D eigenvalue weighted by molar-refractivity contribution is -1.02. The lowest BCUT2D eigenvalue weighted by Crippen LogP contribution is -3.27. The summed E-state index contributed by atoms with van der Waals surface area (Å²) in [4.78, 5) is 17.5. The van der Waals surface area contributed by atoms with Gasteiger partial charge in [-0.15, -0.1) is 0 Å². The summed E-state index contributed by atoms with van der Waals surface area (Å²) < 4.78 is 18.5. The number of carbonyl (C=O) groups excluding carboxylic acids is 1. The molecule has 162 valence electrons. The normalized spacial score (nSPS) is 19.7. The van der Waals surface area contributed by atoms with E-state index in [4.69, 9.17) is 4.74 Å². The van der Waals surface area contributed by atoms with Crippen molar-refractivity contribution in [1.82, 2.24) is 5.32 Å². The number of piperazine rings is 1. The summed E-state index contributed by atoms with van der Waals surface area (Å²) in [6.07, 6.45) is 0. The molecule has 1 aliphatic heterocycles. The number of amides is 1. The molecule has 3 N–H and O–H groups in total. The average molecular weight is 417 g/mol. The largest absolute Gasteiger partial charge is 0.484 e. The van der Waals surface area contributed by atoms with Gasteiger partial charge in [-0.2, -0.15) is 0 Å². The van der Waals surface area contributed by atoms with Crippen LogP contribution in [-0.2, 0) is 4.79 Å². The molecule has 3 rings (SSSR count). The van der Waals surface area contributed by atoms with Gasteiger partial charge in [-0.1, -0.05) is 12.1 Å². The second kappa shape index (κ2) is 10.4. The first-order valence-corrected chi connectivity index (χ1v) is 10.5. The molecule has 1 amide bonds. The fourth-order valence-electron chi connectivity index (χ4n) is 3.80. The summed E-state index contributed by atoms with van der Waals surface area (Å²) >= 11 is 0. The lowest BCUT2D eigenvalue weighted by atomic mass is 10.0. The van der Waals surface area contributed by atoms with Gasteiger partial charge in [0.15, 0.2) is 6.61 Å². The summed E-state index contributed by atoms with van der Waals surface area (Å²) in [5.74, 6) is -0.0182. The zero-order chi connectivity index (χ0) is 21.5. The van der Waals surface area contributed by atoms with Gasteiger partial charge >= 0.3 is 0 Å². The van der Waals surface area contributed by atoms with Crippen molar-refractivity contribution >= 4 is 11.6 Å². The molecule has 0 unspecified atom stereocenters. The molecular formula is C23H33FN4O2+2. The quantitative estimate of drug-likeness (QED) is 0.546. The molecule has 30 heavy (non-hydrogen) atoms. The number of carbonyl (C=O) groups is 1. The van der Waals surface area contributed by atoms with E-state index < -0.39 is 0 Å². The minimum atomic E-state index is -0.327. The summed E-state index contributed by atoms with van der Waals surface area (Å²) in [6.45, 7) is 4.88. The van der Waals surface area contributed by atoms with E-state index in [1.165, 1.54) is 34.7 Å². The number of ether oxygens (including phenoxy) is 1. The number of quaternary nitrogens is 2. The molecule has 0 bridgehead atoms. The molecule has 2 aromatic carbocycles. The molecule has 0 aliphatic carbocycles. The van der Waals surface area contributed by atoms with E-state index in [9.17, 15) is 9.18 Å². The Balaban J connectivity index is 1.61. The van der Waals surface area contributed by atoms with Crippen molar-refractivity contribution in [1.29, 1.82) is 0 Å². The average Bonchev–Trinajstić information content (AvgIpc) is 2.75. The maximum Gasteiger partial charge on any atom is 0.258 e. The predicted octanol–water partition coefficient (Wildman–Crippen LogP) is -0.459. The number of halogens is 1. The Kier molecular flexibility index (Phi) is 7.65. The van der Waals surface area contributed by atoms with E-state index in [1.807, 2.05) is 14.1 Å². The van der Waals surface area contributed by atoms with Crippen LogP contribution in [0.25, 0.3) is 0 Å². The second-order valence-electron chi connectivity index (χ2n) is 8.20. The molecule has 7 heteroatoms. The number of likely N-dealkylation sites (N-methyl/N-ethyl adjacent to an activating group) is 1. The SMILES string of the molecule is CN(C)c1ccc([C@H](CNC(=O)COc2ccc(F)cc2)[NH+]2CC[NH+](C)CC2)cc1. The van der Waals surface area contributed by atoms with Gasteiger partial charge in [0.1, 0.15) is 43.8 Å². The number of anilines is 1. The number of hydrogen-bond acceptors (Lipinski definition) is 3. The van der Waals surface area contributed by atoms with Gasteiger partial charge in [-0.05, 0) is 36.4 Å². The van der Waals surface area contributed by atoms with E-state index in [-0.39, 0.29) is 24.4 Å². The zero-order valence-corrected chi connectivity index (χ0v) is 18.1. The third kappa shape index (κ3) is 6.18. The predicted molar refractivity (Wildman–Crippen MR) is 116 cm³/mol. The third-order valence-corrected chi connectivity index (χ3v) is 5.74. The van der Waals surface area contributed by atoms with Gasteiger partial charge in [0, 0.05) is 25.3 Å². The highest BCUT2D eigenvalue weighted by Crippen LogP contribution is 2.16. The van der Waals surface area contributed by atoms with Crippen molar-refractivity contribution in [3.05, 3.63) is 59.9 Å². The Morgan fingerprint density at radius 1 is 1.07 bits per heavy atom. The summed E-state index contributed by atoms with van der Waals surface area (Å²) in [5.41, 5.74) is 2.39. The van der Waals surface area contributed by atoms with E-state index in [0.29, 0.717) is 12.3 Å². The fourth-order valence-corrected chi connectivity index (χ4v) is 3.80. The number of hydrogen-bond donors (Lipinski definition) is 3. The highest BCUT2D eigenvalue weighted by atomic mass is 19.1. The van der Waals surface area contributed by atoms with E-state index >= 15 is 0 Å². The van der Waals surface area contributed by atoms with Crippen LogP contribution in [0.1, 0.15) is 11.6 Å². The molecule has 0 saturated carbocycles. The molecule has 0 aromatic heterocycles. The first kappa shape index (κ1) is 22.1. The van der Waals surface area contributed by atoms with Gasteiger partial charge in [-0.3, -0.25) is 4.79 Å². The number of rotatable bonds is 8. The number of benzene rings is 2. The topological polar surface area (TPSA) is 50.5 Å². The summed E-state index contributed by atoms with van der Waals surface area (Å²) in [7, 11) is 6.29. The van der Waals surface area contributed by atoms with Crippen LogP contribution >= 0.6 is 0 Å². The monoisotopic (exact) mass is 416 g/mol. The number of nitrogens with one attached hydrogen (secondary N) is 3. The minimum absolute atomic E-state index is 0.0832. The van der Waals surface area contributed by atoms with Gasteiger partial charge in [0.05, 0.1) is 13.6 Å². The van der Waals surface area contributed by atoms with Crippen molar-refractivity contribution in [3.8, 4) is 5.75 Å². The standard InChI is InChI=1S/C23H31FN4O2/c1-26(2)20-8-4-18(5-9-20)22(28-14-12-27(3)13-15-28)16-25-23(29)17-30-21-10-6-19(24)7-11-21/h4-11,22H,12-17H2,1-3H3,(H,25,29)/p+2/t22-/m0/s1. The van der Waals surface area contributed by atoms with Crippen LogP contribution in [0, 0.1) is 5.82 Å². The van der Waals surface area contributed by atoms with E-state index in [1.54, 1.807) is 4.90 Å². The highest BCUT2D eigenvalue weighted by molar-refractivity contribution is 5.77. The Hall–Kier alpha value is -2.64. The third-order valence-electron chi connectivity index (χ3n) is 5.74. The first-order valence-electron chi connectivity index (χ1n) is 10.5. The molecule has 6 nitrogen and oxygen atoms in total. The van der Waals surface area contributed by atoms with Crippen LogP contribution in [-0.4, -0.2) is 66.4 Å². The molecular weight excluding hydrogens is 383 g/mol. The van der Waals surface area contributed by atoms with Crippen molar-refractivity contribution in [2.24, 2.45) is 0 Å². The van der Waals surface area contributed by atoms with Crippen LogP contribution in [0.4, 0.5) is 10.1 Å². The first-order chi connectivity index (χ1) is 14.4. The van der Waals surface area contributed by atoms with Gasteiger partial charge < -0.3 is 24.8 Å². The molecule has 1 atom stereocenters. The van der Waals surface area contributed by atoms with Crippen molar-refractivity contribution < 1.29 is 23.7 Å².